The average molecular weight is 318 g/mol. The standard InChI is InChI=1S/C10H8FIN2O/c11-6-1-2-8(9(12)3-6)10-14-7(4-13)5-15-10/h1-3,5H,4,13H2. The molecule has 0 aliphatic carbocycles. The molecule has 2 aromatic rings. The van der Waals surface area contributed by atoms with Crippen LogP contribution in [0.1, 0.15) is 5.69 Å². The minimum atomic E-state index is -0.270. The summed E-state index contributed by atoms with van der Waals surface area (Å²) in [5.74, 6) is 0.202. The van der Waals surface area contributed by atoms with Crippen LogP contribution in [0.2, 0.25) is 0 Å². The zero-order chi connectivity index (χ0) is 10.8. The van der Waals surface area contributed by atoms with Crippen molar-refractivity contribution in [1.29, 1.82) is 0 Å². The van der Waals surface area contributed by atoms with Crippen LogP contribution in [-0.4, -0.2) is 4.98 Å². The van der Waals surface area contributed by atoms with Crippen molar-refractivity contribution in [3.05, 3.63) is 39.5 Å². The molecule has 2 rings (SSSR count). The van der Waals surface area contributed by atoms with Crippen LogP contribution in [0.5, 0.6) is 0 Å². The summed E-state index contributed by atoms with van der Waals surface area (Å²) in [5.41, 5.74) is 6.88. The first-order valence-electron chi connectivity index (χ1n) is 4.30. The number of benzene rings is 1. The van der Waals surface area contributed by atoms with E-state index in [1.807, 2.05) is 22.6 Å². The van der Waals surface area contributed by atoms with Crippen LogP contribution in [0, 0.1) is 9.39 Å². The predicted octanol–water partition coefficient (Wildman–Crippen LogP) is 2.54. The summed E-state index contributed by atoms with van der Waals surface area (Å²) in [4.78, 5) is 4.17. The van der Waals surface area contributed by atoms with Crippen molar-refractivity contribution in [3.63, 3.8) is 0 Å². The molecule has 78 valence electrons. The Morgan fingerprint density at radius 1 is 1.47 bits per heavy atom. The van der Waals surface area contributed by atoms with E-state index in [1.165, 1.54) is 18.4 Å². The Labute approximate surface area is 99.6 Å². The monoisotopic (exact) mass is 318 g/mol. The van der Waals surface area contributed by atoms with Gasteiger partial charge in [0, 0.05) is 10.1 Å². The van der Waals surface area contributed by atoms with Gasteiger partial charge in [0.15, 0.2) is 0 Å². The van der Waals surface area contributed by atoms with Crippen molar-refractivity contribution >= 4 is 22.6 Å². The maximum absolute atomic E-state index is 12.9. The number of hydrogen-bond acceptors (Lipinski definition) is 3. The van der Waals surface area contributed by atoms with Crippen molar-refractivity contribution in [3.8, 4) is 11.5 Å². The van der Waals surface area contributed by atoms with Gasteiger partial charge in [-0.25, -0.2) is 9.37 Å². The molecular weight excluding hydrogens is 310 g/mol. The summed E-state index contributed by atoms with van der Waals surface area (Å²) >= 11 is 2.04. The number of nitrogens with two attached hydrogens (primary N) is 1. The van der Waals surface area contributed by atoms with Gasteiger partial charge in [-0.05, 0) is 40.8 Å². The van der Waals surface area contributed by atoms with Gasteiger partial charge in [-0.2, -0.15) is 0 Å². The largest absolute Gasteiger partial charge is 0.444 e. The second-order valence-corrected chi connectivity index (χ2v) is 4.13. The van der Waals surface area contributed by atoms with Crippen LogP contribution >= 0.6 is 22.6 Å². The molecule has 15 heavy (non-hydrogen) atoms. The lowest BCUT2D eigenvalue weighted by molar-refractivity contribution is 0.571. The Hall–Kier alpha value is -0.950. The van der Waals surface area contributed by atoms with E-state index in [-0.39, 0.29) is 5.82 Å². The number of hydrogen-bond donors (Lipinski definition) is 1. The normalized spacial score (nSPS) is 10.6. The zero-order valence-corrected chi connectivity index (χ0v) is 9.86. The molecule has 5 heteroatoms. The summed E-state index contributed by atoms with van der Waals surface area (Å²) in [7, 11) is 0. The molecule has 0 amide bonds. The van der Waals surface area contributed by atoms with Gasteiger partial charge in [-0.3, -0.25) is 0 Å². The third-order valence-corrected chi connectivity index (χ3v) is 2.81. The van der Waals surface area contributed by atoms with Crippen LogP contribution < -0.4 is 5.73 Å². The van der Waals surface area contributed by atoms with E-state index in [1.54, 1.807) is 6.07 Å². The SMILES string of the molecule is NCc1coc(-c2ccc(F)cc2I)n1. The highest BCUT2D eigenvalue weighted by Gasteiger charge is 2.09. The molecule has 0 spiro atoms. The van der Waals surface area contributed by atoms with E-state index in [4.69, 9.17) is 10.2 Å². The van der Waals surface area contributed by atoms with Crippen LogP contribution in [0.15, 0.2) is 28.9 Å². The first kappa shape index (κ1) is 10.6. The quantitative estimate of drug-likeness (QED) is 0.866. The van der Waals surface area contributed by atoms with E-state index < -0.39 is 0 Å². The molecule has 1 aromatic carbocycles. The Balaban J connectivity index is 2.44. The van der Waals surface area contributed by atoms with Crippen LogP contribution in [0.25, 0.3) is 11.5 Å². The summed E-state index contributed by atoms with van der Waals surface area (Å²) in [6.45, 7) is 0.335. The summed E-state index contributed by atoms with van der Waals surface area (Å²) in [5, 5.41) is 0. The lowest BCUT2D eigenvalue weighted by Gasteiger charge is -1.98. The molecule has 3 nitrogen and oxygen atoms in total. The van der Waals surface area contributed by atoms with Crippen molar-refractivity contribution in [2.24, 2.45) is 5.73 Å². The fraction of sp³-hybridized carbons (Fsp3) is 0.100. The van der Waals surface area contributed by atoms with E-state index in [0.717, 1.165) is 9.13 Å². The topological polar surface area (TPSA) is 52.0 Å². The maximum Gasteiger partial charge on any atom is 0.227 e. The molecule has 2 N–H and O–H groups in total. The number of nitrogens with zero attached hydrogens (tertiary/aromatic N) is 1. The van der Waals surface area contributed by atoms with E-state index in [2.05, 4.69) is 4.98 Å². The van der Waals surface area contributed by atoms with E-state index in [9.17, 15) is 4.39 Å². The third kappa shape index (κ3) is 2.18. The molecule has 0 aliphatic heterocycles. The molecule has 0 bridgehead atoms. The molecule has 0 radical (unpaired) electrons. The lowest BCUT2D eigenvalue weighted by Crippen LogP contribution is -1.95. The zero-order valence-electron chi connectivity index (χ0n) is 7.71. The van der Waals surface area contributed by atoms with Crippen LogP contribution in [0.3, 0.4) is 0 Å². The highest BCUT2D eigenvalue weighted by molar-refractivity contribution is 14.1. The second-order valence-electron chi connectivity index (χ2n) is 2.97. The molecule has 0 aliphatic rings. The third-order valence-electron chi connectivity index (χ3n) is 1.92. The van der Waals surface area contributed by atoms with Crippen molar-refractivity contribution in [2.45, 2.75) is 6.54 Å². The fourth-order valence-corrected chi connectivity index (χ4v) is 1.90. The molecule has 1 aromatic heterocycles. The molecule has 0 unspecified atom stereocenters. The Morgan fingerprint density at radius 2 is 2.27 bits per heavy atom. The Bertz CT molecular complexity index is 484. The lowest BCUT2D eigenvalue weighted by atomic mass is 10.2. The van der Waals surface area contributed by atoms with Gasteiger partial charge in [0.05, 0.1) is 11.3 Å². The van der Waals surface area contributed by atoms with Crippen molar-refractivity contribution < 1.29 is 8.81 Å². The maximum atomic E-state index is 12.9. The van der Waals surface area contributed by atoms with E-state index >= 15 is 0 Å². The highest BCUT2D eigenvalue weighted by atomic mass is 127. The number of aromatic nitrogens is 1. The molecule has 1 heterocycles. The van der Waals surface area contributed by atoms with Gasteiger partial charge in [-0.1, -0.05) is 0 Å². The summed E-state index contributed by atoms with van der Waals surface area (Å²) < 4.78 is 18.9. The predicted molar refractivity (Wildman–Crippen MR) is 62.5 cm³/mol. The molecule has 0 saturated carbocycles. The van der Waals surface area contributed by atoms with Crippen molar-refractivity contribution in [2.75, 3.05) is 0 Å². The minimum absolute atomic E-state index is 0.270. The number of oxazole rings is 1. The number of rotatable bonds is 2. The Kier molecular flexibility index (Phi) is 3.01. The molecule has 0 saturated heterocycles. The summed E-state index contributed by atoms with van der Waals surface area (Å²) in [6, 6.07) is 4.45. The van der Waals surface area contributed by atoms with Gasteiger partial charge in [-0.15, -0.1) is 0 Å². The highest BCUT2D eigenvalue weighted by Crippen LogP contribution is 2.25. The van der Waals surface area contributed by atoms with Gasteiger partial charge < -0.3 is 10.2 Å². The smallest absolute Gasteiger partial charge is 0.227 e. The average Bonchev–Trinajstić information content (AvgIpc) is 2.66. The van der Waals surface area contributed by atoms with Crippen LogP contribution in [-0.2, 0) is 6.54 Å². The second kappa shape index (κ2) is 4.28. The van der Waals surface area contributed by atoms with Gasteiger partial charge in [0.1, 0.15) is 12.1 Å². The molecule has 0 atom stereocenters. The van der Waals surface area contributed by atoms with Gasteiger partial charge in [0.25, 0.3) is 0 Å². The van der Waals surface area contributed by atoms with Gasteiger partial charge in [0.2, 0.25) is 5.89 Å². The number of halogens is 2. The minimum Gasteiger partial charge on any atom is -0.444 e. The van der Waals surface area contributed by atoms with Crippen LogP contribution in [0.4, 0.5) is 4.39 Å². The first-order valence-corrected chi connectivity index (χ1v) is 5.38. The van der Waals surface area contributed by atoms with Gasteiger partial charge >= 0.3 is 0 Å². The molecular formula is C10H8FIN2O. The fourth-order valence-electron chi connectivity index (χ4n) is 1.19. The summed E-state index contributed by atoms with van der Waals surface area (Å²) in [6.07, 6.45) is 1.51. The molecule has 0 fully saturated rings. The van der Waals surface area contributed by atoms with Crippen molar-refractivity contribution in [1.82, 2.24) is 4.98 Å². The van der Waals surface area contributed by atoms with E-state index in [0.29, 0.717) is 18.1 Å². The first-order chi connectivity index (χ1) is 7.20. The Morgan fingerprint density at radius 3 is 2.87 bits per heavy atom.